The quantitative estimate of drug-likeness (QED) is 0.601. The highest BCUT2D eigenvalue weighted by Crippen LogP contribution is 2.08. The number of aliphatic imine (C=N–C) groups is 1. The first-order valence-corrected chi connectivity index (χ1v) is 8.02. The fourth-order valence-corrected chi connectivity index (χ4v) is 2.07. The van der Waals surface area contributed by atoms with Crippen LogP contribution in [0.5, 0.6) is 0 Å². The lowest BCUT2D eigenvalue weighted by Crippen LogP contribution is -2.42. The Balaban J connectivity index is 2.48. The first kappa shape index (κ1) is 18.3. The smallest absolute Gasteiger partial charge is 0.191 e. The zero-order chi connectivity index (χ0) is 16.5. The van der Waals surface area contributed by atoms with Crippen molar-refractivity contribution in [3.05, 3.63) is 23.9 Å². The predicted molar refractivity (Wildman–Crippen MR) is 95.4 cm³/mol. The standard InChI is InChI=1S/C17H31N5/c1-13(2)10-11-14(3)20-17(18-4)19-12-15-8-7-9-16(21-15)22(5)6/h7-9,13-14H,10-12H2,1-6H3,(H2,18,19,20). The molecule has 0 aromatic carbocycles. The van der Waals surface area contributed by atoms with E-state index >= 15 is 0 Å². The van der Waals surface area contributed by atoms with Gasteiger partial charge < -0.3 is 15.5 Å². The molecule has 0 fully saturated rings. The number of hydrogen-bond donors (Lipinski definition) is 2. The first-order chi connectivity index (χ1) is 10.4. The highest BCUT2D eigenvalue weighted by molar-refractivity contribution is 5.79. The number of hydrogen-bond acceptors (Lipinski definition) is 3. The van der Waals surface area contributed by atoms with Crippen molar-refractivity contribution in [1.29, 1.82) is 0 Å². The van der Waals surface area contributed by atoms with E-state index in [1.54, 1.807) is 7.05 Å². The molecular weight excluding hydrogens is 274 g/mol. The van der Waals surface area contributed by atoms with Crippen LogP contribution in [0.2, 0.25) is 0 Å². The van der Waals surface area contributed by atoms with E-state index in [0.29, 0.717) is 12.6 Å². The van der Waals surface area contributed by atoms with Crippen molar-refractivity contribution in [3.63, 3.8) is 0 Å². The molecular formula is C17H31N5. The van der Waals surface area contributed by atoms with Crippen molar-refractivity contribution in [3.8, 4) is 0 Å². The molecule has 1 rings (SSSR count). The van der Waals surface area contributed by atoms with Crippen molar-refractivity contribution < 1.29 is 0 Å². The van der Waals surface area contributed by atoms with E-state index < -0.39 is 0 Å². The number of nitrogens with zero attached hydrogens (tertiary/aromatic N) is 3. The van der Waals surface area contributed by atoms with Gasteiger partial charge in [0.1, 0.15) is 5.82 Å². The zero-order valence-corrected chi connectivity index (χ0v) is 14.8. The van der Waals surface area contributed by atoms with Crippen LogP contribution < -0.4 is 15.5 Å². The predicted octanol–water partition coefficient (Wildman–Crippen LogP) is 2.64. The molecule has 0 aliphatic carbocycles. The number of nitrogens with one attached hydrogen (secondary N) is 2. The summed E-state index contributed by atoms with van der Waals surface area (Å²) in [5, 5.41) is 6.76. The molecule has 22 heavy (non-hydrogen) atoms. The molecule has 5 heteroatoms. The second kappa shape index (κ2) is 9.28. The normalized spacial score (nSPS) is 13.1. The third-order valence-electron chi connectivity index (χ3n) is 3.47. The summed E-state index contributed by atoms with van der Waals surface area (Å²) >= 11 is 0. The number of rotatable bonds is 7. The maximum absolute atomic E-state index is 4.60. The Kier molecular flexibility index (Phi) is 7.71. The second-order valence-electron chi connectivity index (χ2n) is 6.32. The Labute approximate surface area is 135 Å². The number of pyridine rings is 1. The van der Waals surface area contributed by atoms with Crippen LogP contribution in [-0.4, -0.2) is 38.1 Å². The van der Waals surface area contributed by atoms with Crippen molar-refractivity contribution in [2.75, 3.05) is 26.0 Å². The zero-order valence-electron chi connectivity index (χ0n) is 14.8. The Hall–Kier alpha value is -1.78. The van der Waals surface area contributed by atoms with Gasteiger partial charge in [0.25, 0.3) is 0 Å². The molecule has 0 spiro atoms. The Morgan fingerprint density at radius 1 is 1.23 bits per heavy atom. The van der Waals surface area contributed by atoms with Gasteiger partial charge in [-0.25, -0.2) is 4.98 Å². The molecule has 0 aliphatic rings. The largest absolute Gasteiger partial charge is 0.363 e. The third kappa shape index (κ3) is 6.78. The molecule has 0 radical (unpaired) electrons. The number of aromatic nitrogens is 1. The summed E-state index contributed by atoms with van der Waals surface area (Å²) in [6, 6.07) is 6.47. The van der Waals surface area contributed by atoms with Crippen LogP contribution in [0.1, 0.15) is 39.3 Å². The van der Waals surface area contributed by atoms with Crippen LogP contribution >= 0.6 is 0 Å². The van der Waals surface area contributed by atoms with E-state index in [4.69, 9.17) is 0 Å². The van der Waals surface area contributed by atoms with Crippen LogP contribution in [0.15, 0.2) is 23.2 Å². The van der Waals surface area contributed by atoms with Gasteiger partial charge >= 0.3 is 0 Å². The van der Waals surface area contributed by atoms with Gasteiger partial charge in [-0.15, -0.1) is 0 Å². The summed E-state index contributed by atoms with van der Waals surface area (Å²) < 4.78 is 0. The van der Waals surface area contributed by atoms with Crippen LogP contribution in [0.3, 0.4) is 0 Å². The van der Waals surface area contributed by atoms with Crippen molar-refractivity contribution in [2.45, 2.75) is 46.2 Å². The van der Waals surface area contributed by atoms with Crippen LogP contribution in [0, 0.1) is 5.92 Å². The van der Waals surface area contributed by atoms with Gasteiger partial charge in [0.05, 0.1) is 12.2 Å². The summed E-state index contributed by atoms with van der Waals surface area (Å²) in [5.41, 5.74) is 1.00. The lowest BCUT2D eigenvalue weighted by atomic mass is 10.0. The molecule has 2 N–H and O–H groups in total. The van der Waals surface area contributed by atoms with E-state index in [-0.39, 0.29) is 0 Å². The van der Waals surface area contributed by atoms with Gasteiger partial charge in [-0.05, 0) is 37.8 Å². The van der Waals surface area contributed by atoms with Gasteiger partial charge in [-0.3, -0.25) is 4.99 Å². The lowest BCUT2D eigenvalue weighted by Gasteiger charge is -2.19. The van der Waals surface area contributed by atoms with Crippen molar-refractivity contribution in [2.24, 2.45) is 10.9 Å². The van der Waals surface area contributed by atoms with E-state index in [1.165, 1.54) is 6.42 Å². The molecule has 0 saturated heterocycles. The molecule has 124 valence electrons. The number of guanidine groups is 1. The molecule has 0 amide bonds. The van der Waals surface area contributed by atoms with E-state index in [1.807, 2.05) is 37.2 Å². The van der Waals surface area contributed by atoms with E-state index in [2.05, 4.69) is 41.4 Å². The molecule has 0 saturated carbocycles. The maximum atomic E-state index is 4.60. The molecule has 1 heterocycles. The fraction of sp³-hybridized carbons (Fsp3) is 0.647. The third-order valence-corrected chi connectivity index (χ3v) is 3.47. The summed E-state index contributed by atoms with van der Waals surface area (Å²) in [6.07, 6.45) is 2.37. The average Bonchev–Trinajstić information content (AvgIpc) is 2.49. The van der Waals surface area contributed by atoms with Crippen molar-refractivity contribution >= 4 is 11.8 Å². The highest BCUT2D eigenvalue weighted by atomic mass is 15.2. The summed E-state index contributed by atoms with van der Waals surface area (Å²) in [6.45, 7) is 7.37. The van der Waals surface area contributed by atoms with Gasteiger partial charge in [0, 0.05) is 27.2 Å². The highest BCUT2D eigenvalue weighted by Gasteiger charge is 2.07. The monoisotopic (exact) mass is 305 g/mol. The van der Waals surface area contributed by atoms with Crippen LogP contribution in [0.25, 0.3) is 0 Å². The average molecular weight is 305 g/mol. The van der Waals surface area contributed by atoms with Crippen molar-refractivity contribution in [1.82, 2.24) is 15.6 Å². The van der Waals surface area contributed by atoms with Gasteiger partial charge in [-0.2, -0.15) is 0 Å². The van der Waals surface area contributed by atoms with E-state index in [0.717, 1.165) is 29.8 Å². The molecule has 0 aliphatic heterocycles. The fourth-order valence-electron chi connectivity index (χ4n) is 2.07. The SMILES string of the molecule is CN=C(NCc1cccc(N(C)C)n1)NC(C)CCC(C)C. The topological polar surface area (TPSA) is 52.6 Å². The minimum absolute atomic E-state index is 0.412. The minimum Gasteiger partial charge on any atom is -0.363 e. The molecule has 1 aromatic heterocycles. The minimum atomic E-state index is 0.412. The van der Waals surface area contributed by atoms with Gasteiger partial charge in [-0.1, -0.05) is 19.9 Å². The van der Waals surface area contributed by atoms with Gasteiger partial charge in [0.15, 0.2) is 5.96 Å². The lowest BCUT2D eigenvalue weighted by molar-refractivity contribution is 0.489. The first-order valence-electron chi connectivity index (χ1n) is 8.02. The summed E-state index contributed by atoms with van der Waals surface area (Å²) in [4.78, 5) is 10.9. The summed E-state index contributed by atoms with van der Waals surface area (Å²) in [7, 11) is 5.79. The summed E-state index contributed by atoms with van der Waals surface area (Å²) in [5.74, 6) is 2.53. The Morgan fingerprint density at radius 3 is 2.55 bits per heavy atom. The molecule has 0 bridgehead atoms. The number of anilines is 1. The maximum Gasteiger partial charge on any atom is 0.191 e. The molecule has 1 aromatic rings. The molecule has 1 unspecified atom stereocenters. The molecule has 5 nitrogen and oxygen atoms in total. The van der Waals surface area contributed by atoms with E-state index in [9.17, 15) is 0 Å². The Morgan fingerprint density at radius 2 is 1.95 bits per heavy atom. The second-order valence-corrected chi connectivity index (χ2v) is 6.32. The van der Waals surface area contributed by atoms with Crippen LogP contribution in [0.4, 0.5) is 5.82 Å². The Bertz CT molecular complexity index is 468. The molecule has 1 atom stereocenters. The van der Waals surface area contributed by atoms with Gasteiger partial charge in [0.2, 0.25) is 0 Å². The van der Waals surface area contributed by atoms with Crippen LogP contribution in [-0.2, 0) is 6.54 Å².